The van der Waals surface area contributed by atoms with E-state index >= 15 is 0 Å². The van der Waals surface area contributed by atoms with E-state index in [4.69, 9.17) is 5.11 Å². The number of aliphatic hydroxyl groups excluding tert-OH is 1. The van der Waals surface area contributed by atoms with Crippen LogP contribution in [0, 0.1) is 5.41 Å². The molecule has 1 unspecified atom stereocenters. The first-order valence-electron chi connectivity index (χ1n) is 4.10. The van der Waals surface area contributed by atoms with E-state index in [0.29, 0.717) is 0 Å². The number of nitrogens with one attached hydrogen (secondary N) is 1. The van der Waals surface area contributed by atoms with Crippen molar-refractivity contribution in [1.82, 2.24) is 5.32 Å². The van der Waals surface area contributed by atoms with Crippen molar-refractivity contribution in [2.75, 3.05) is 13.2 Å². The van der Waals surface area contributed by atoms with Gasteiger partial charge in [-0.15, -0.1) is 0 Å². The summed E-state index contributed by atoms with van der Waals surface area (Å²) in [6.45, 7) is 7.64. The monoisotopic (exact) mass is 155 g/mol. The summed E-state index contributed by atoms with van der Waals surface area (Å²) in [5.41, 5.74) is 1.52. The summed E-state index contributed by atoms with van der Waals surface area (Å²) < 4.78 is 0. The second-order valence-corrected chi connectivity index (χ2v) is 4.05. The van der Waals surface area contributed by atoms with Crippen molar-refractivity contribution >= 4 is 0 Å². The molecule has 0 fully saturated rings. The third-order valence-corrected chi connectivity index (χ3v) is 2.11. The van der Waals surface area contributed by atoms with Crippen LogP contribution >= 0.6 is 0 Å². The van der Waals surface area contributed by atoms with Gasteiger partial charge >= 0.3 is 0 Å². The second kappa shape index (κ2) is 2.95. The van der Waals surface area contributed by atoms with Gasteiger partial charge in [0.05, 0.1) is 12.6 Å². The summed E-state index contributed by atoms with van der Waals surface area (Å²) in [7, 11) is 0. The van der Waals surface area contributed by atoms with Crippen LogP contribution in [0.1, 0.15) is 20.8 Å². The van der Waals surface area contributed by atoms with Crippen molar-refractivity contribution < 1.29 is 5.11 Å². The largest absolute Gasteiger partial charge is 0.394 e. The van der Waals surface area contributed by atoms with Crippen molar-refractivity contribution in [2.24, 2.45) is 5.41 Å². The Morgan fingerprint density at radius 2 is 2.27 bits per heavy atom. The number of hydrogen-bond donors (Lipinski definition) is 2. The Hall–Kier alpha value is -0.340. The SMILES string of the molecule is CC(C)(C)C1=CCNC1CO. The summed E-state index contributed by atoms with van der Waals surface area (Å²) in [6, 6.07) is 0.190. The Morgan fingerprint density at radius 1 is 1.64 bits per heavy atom. The predicted octanol–water partition coefficient (Wildman–Crippen LogP) is 0.923. The normalized spacial score (nSPS) is 25.5. The third-order valence-electron chi connectivity index (χ3n) is 2.11. The molecule has 0 amide bonds. The minimum absolute atomic E-state index is 0.190. The molecule has 0 aromatic rings. The van der Waals surface area contributed by atoms with Gasteiger partial charge in [0.1, 0.15) is 0 Å². The van der Waals surface area contributed by atoms with E-state index < -0.39 is 0 Å². The van der Waals surface area contributed by atoms with Crippen LogP contribution in [0.25, 0.3) is 0 Å². The van der Waals surface area contributed by atoms with Gasteiger partial charge in [-0.1, -0.05) is 26.8 Å². The van der Waals surface area contributed by atoms with Gasteiger partial charge in [0, 0.05) is 6.54 Å². The summed E-state index contributed by atoms with van der Waals surface area (Å²) in [4.78, 5) is 0. The molecule has 0 bridgehead atoms. The smallest absolute Gasteiger partial charge is 0.0623 e. The van der Waals surface area contributed by atoms with Crippen LogP contribution in [0.3, 0.4) is 0 Å². The molecule has 0 spiro atoms. The Morgan fingerprint density at radius 3 is 2.64 bits per heavy atom. The lowest BCUT2D eigenvalue weighted by molar-refractivity contribution is 0.253. The lowest BCUT2D eigenvalue weighted by atomic mass is 9.83. The van der Waals surface area contributed by atoms with Gasteiger partial charge in [0.25, 0.3) is 0 Å². The maximum atomic E-state index is 9.00. The highest BCUT2D eigenvalue weighted by atomic mass is 16.3. The van der Waals surface area contributed by atoms with Crippen molar-refractivity contribution in [2.45, 2.75) is 26.8 Å². The average Bonchev–Trinajstić information content (AvgIpc) is 2.31. The van der Waals surface area contributed by atoms with E-state index in [-0.39, 0.29) is 18.1 Å². The summed E-state index contributed by atoms with van der Waals surface area (Å²) in [6.07, 6.45) is 2.18. The molecule has 0 saturated carbocycles. The first-order valence-corrected chi connectivity index (χ1v) is 4.10. The van der Waals surface area contributed by atoms with Crippen LogP contribution in [0.15, 0.2) is 11.6 Å². The highest BCUT2D eigenvalue weighted by Gasteiger charge is 2.27. The maximum absolute atomic E-state index is 9.00. The predicted molar refractivity (Wildman–Crippen MR) is 46.4 cm³/mol. The van der Waals surface area contributed by atoms with Gasteiger partial charge in [0.15, 0.2) is 0 Å². The quantitative estimate of drug-likeness (QED) is 0.552. The van der Waals surface area contributed by atoms with Gasteiger partial charge in [0.2, 0.25) is 0 Å². The average molecular weight is 155 g/mol. The molecule has 0 aliphatic carbocycles. The Kier molecular flexibility index (Phi) is 2.35. The van der Waals surface area contributed by atoms with Crippen LogP contribution in [0.2, 0.25) is 0 Å². The Balaban J connectivity index is 2.71. The van der Waals surface area contributed by atoms with Crippen LogP contribution in [0.5, 0.6) is 0 Å². The molecule has 0 saturated heterocycles. The lowest BCUT2D eigenvalue weighted by Crippen LogP contribution is -2.32. The summed E-state index contributed by atoms with van der Waals surface area (Å²) >= 11 is 0. The molecule has 1 heterocycles. The van der Waals surface area contributed by atoms with Crippen molar-refractivity contribution in [3.8, 4) is 0 Å². The molecule has 1 aliphatic rings. The fourth-order valence-electron chi connectivity index (χ4n) is 1.56. The van der Waals surface area contributed by atoms with E-state index in [9.17, 15) is 0 Å². The van der Waals surface area contributed by atoms with E-state index in [1.54, 1.807) is 0 Å². The van der Waals surface area contributed by atoms with Gasteiger partial charge < -0.3 is 10.4 Å². The number of aliphatic hydroxyl groups is 1. The molecule has 0 aromatic carbocycles. The molecule has 2 heteroatoms. The highest BCUT2D eigenvalue weighted by Crippen LogP contribution is 2.29. The number of hydrogen-bond acceptors (Lipinski definition) is 2. The van der Waals surface area contributed by atoms with Gasteiger partial charge in [-0.25, -0.2) is 0 Å². The van der Waals surface area contributed by atoms with Crippen LogP contribution in [-0.2, 0) is 0 Å². The molecule has 1 aliphatic heterocycles. The fraction of sp³-hybridized carbons (Fsp3) is 0.778. The first-order chi connectivity index (χ1) is 5.05. The standard InChI is InChI=1S/C9H17NO/c1-9(2,3)7-4-5-10-8(7)6-11/h4,8,10-11H,5-6H2,1-3H3. The minimum Gasteiger partial charge on any atom is -0.394 e. The van der Waals surface area contributed by atoms with Gasteiger partial charge in [-0.2, -0.15) is 0 Å². The molecular formula is C9H17NO. The highest BCUT2D eigenvalue weighted by molar-refractivity contribution is 5.23. The molecule has 11 heavy (non-hydrogen) atoms. The Labute approximate surface area is 68.3 Å². The molecular weight excluding hydrogens is 138 g/mol. The zero-order valence-corrected chi connectivity index (χ0v) is 7.52. The molecule has 64 valence electrons. The van der Waals surface area contributed by atoms with E-state index in [0.717, 1.165) is 6.54 Å². The molecule has 2 N–H and O–H groups in total. The zero-order valence-electron chi connectivity index (χ0n) is 7.52. The maximum Gasteiger partial charge on any atom is 0.0623 e. The third kappa shape index (κ3) is 1.82. The first kappa shape index (κ1) is 8.75. The molecule has 1 rings (SSSR count). The van der Waals surface area contributed by atoms with E-state index in [1.165, 1.54) is 5.57 Å². The van der Waals surface area contributed by atoms with Crippen molar-refractivity contribution in [1.29, 1.82) is 0 Å². The molecule has 1 atom stereocenters. The van der Waals surface area contributed by atoms with Gasteiger partial charge in [-0.3, -0.25) is 0 Å². The summed E-state index contributed by atoms with van der Waals surface area (Å²) in [5, 5.41) is 12.2. The van der Waals surface area contributed by atoms with Crippen molar-refractivity contribution in [3.63, 3.8) is 0 Å². The fourth-order valence-corrected chi connectivity index (χ4v) is 1.56. The molecule has 0 radical (unpaired) electrons. The van der Waals surface area contributed by atoms with Crippen LogP contribution < -0.4 is 5.32 Å². The molecule has 0 aromatic heterocycles. The minimum atomic E-state index is 0.190. The van der Waals surface area contributed by atoms with Gasteiger partial charge in [-0.05, 0) is 11.0 Å². The Bertz CT molecular complexity index is 167. The second-order valence-electron chi connectivity index (χ2n) is 4.05. The van der Waals surface area contributed by atoms with E-state index in [1.807, 2.05) is 0 Å². The number of rotatable bonds is 1. The zero-order chi connectivity index (χ0) is 8.48. The van der Waals surface area contributed by atoms with Crippen LogP contribution in [0.4, 0.5) is 0 Å². The van der Waals surface area contributed by atoms with Crippen molar-refractivity contribution in [3.05, 3.63) is 11.6 Å². The van der Waals surface area contributed by atoms with Crippen LogP contribution in [-0.4, -0.2) is 24.3 Å². The lowest BCUT2D eigenvalue weighted by Gasteiger charge is -2.25. The molecule has 2 nitrogen and oxygen atoms in total. The van der Waals surface area contributed by atoms with E-state index in [2.05, 4.69) is 32.2 Å². The topological polar surface area (TPSA) is 32.3 Å². The summed E-state index contributed by atoms with van der Waals surface area (Å²) in [5.74, 6) is 0.